The number of nitrogens with zero attached hydrogens (tertiary/aromatic N) is 2. The van der Waals surface area contributed by atoms with Crippen LogP contribution in [0.15, 0.2) is 107 Å². The monoisotopic (exact) mass is 526 g/mol. The van der Waals surface area contributed by atoms with Gasteiger partial charge in [-0.25, -0.2) is 9.98 Å². The van der Waals surface area contributed by atoms with E-state index in [1.54, 1.807) is 11.3 Å². The standard InChI is InChI=1S/C36H34N2S/c1-23-19-25(3)33(26(4)20-23)37-35(29-13-9-7-10-14-29)31-17-18-32(39-31)36(30-15-11-8-12-16-30)38-34-27(5)21-24(2)22-28(34)6/h7-22H,1-6H3. The maximum absolute atomic E-state index is 5.29. The predicted molar refractivity (Wildman–Crippen MR) is 169 cm³/mol. The van der Waals surface area contributed by atoms with Crippen LogP contribution in [0.3, 0.4) is 0 Å². The summed E-state index contributed by atoms with van der Waals surface area (Å²) in [7, 11) is 0. The molecule has 0 aliphatic rings. The van der Waals surface area contributed by atoms with Crippen LogP contribution in [-0.2, 0) is 0 Å². The molecular weight excluding hydrogens is 492 g/mol. The van der Waals surface area contributed by atoms with E-state index in [1.807, 2.05) is 0 Å². The first kappa shape index (κ1) is 26.5. The molecule has 0 bridgehead atoms. The van der Waals surface area contributed by atoms with Crippen LogP contribution in [0.2, 0.25) is 0 Å². The van der Waals surface area contributed by atoms with Crippen molar-refractivity contribution in [1.29, 1.82) is 0 Å². The van der Waals surface area contributed by atoms with Crippen molar-refractivity contribution in [1.82, 2.24) is 0 Å². The Kier molecular flexibility index (Phi) is 7.72. The zero-order chi connectivity index (χ0) is 27.5. The Bertz CT molecular complexity index is 1520. The Morgan fingerprint density at radius 2 is 0.795 bits per heavy atom. The highest BCUT2D eigenvalue weighted by Gasteiger charge is 2.17. The minimum atomic E-state index is 0.983. The summed E-state index contributed by atoms with van der Waals surface area (Å²) >= 11 is 1.75. The van der Waals surface area contributed by atoms with Gasteiger partial charge in [-0.1, -0.05) is 96.1 Å². The maximum Gasteiger partial charge on any atom is 0.0881 e. The molecule has 5 rings (SSSR count). The quantitative estimate of drug-likeness (QED) is 0.197. The first-order chi connectivity index (χ1) is 18.8. The number of benzene rings is 4. The van der Waals surface area contributed by atoms with Crippen molar-refractivity contribution in [3.05, 3.63) is 151 Å². The van der Waals surface area contributed by atoms with Gasteiger partial charge in [-0.05, 0) is 75.9 Å². The molecule has 0 saturated carbocycles. The molecule has 0 unspecified atom stereocenters. The summed E-state index contributed by atoms with van der Waals surface area (Å²) in [4.78, 5) is 12.8. The predicted octanol–water partition coefficient (Wildman–Crippen LogP) is 9.94. The molecule has 0 saturated heterocycles. The Labute approximate surface area is 236 Å². The van der Waals surface area contributed by atoms with E-state index in [0.717, 1.165) is 43.7 Å². The third kappa shape index (κ3) is 5.84. The van der Waals surface area contributed by atoms with Gasteiger partial charge in [0.2, 0.25) is 0 Å². The number of hydrogen-bond acceptors (Lipinski definition) is 3. The van der Waals surface area contributed by atoms with Crippen molar-refractivity contribution in [3.8, 4) is 0 Å². The second kappa shape index (κ2) is 11.3. The molecule has 0 fully saturated rings. The fourth-order valence-electron chi connectivity index (χ4n) is 5.23. The van der Waals surface area contributed by atoms with Gasteiger partial charge in [0.05, 0.1) is 32.6 Å². The summed E-state index contributed by atoms with van der Waals surface area (Å²) in [5, 5.41) is 0. The SMILES string of the molecule is Cc1cc(C)c(N=C(c2ccccc2)c2ccc(C(=Nc3c(C)cc(C)cc3C)c3ccccc3)s2)c(C)c1. The summed E-state index contributed by atoms with van der Waals surface area (Å²) in [6, 6.07) is 34.2. The molecule has 0 aliphatic carbocycles. The molecule has 39 heavy (non-hydrogen) atoms. The van der Waals surface area contributed by atoms with Crippen molar-refractivity contribution in [3.63, 3.8) is 0 Å². The smallest absolute Gasteiger partial charge is 0.0881 e. The lowest BCUT2D eigenvalue weighted by Crippen LogP contribution is -2.02. The second-order valence-corrected chi connectivity index (χ2v) is 11.4. The van der Waals surface area contributed by atoms with Crippen LogP contribution in [0, 0.1) is 41.5 Å². The second-order valence-electron chi connectivity index (χ2n) is 10.3. The van der Waals surface area contributed by atoms with E-state index >= 15 is 0 Å². The number of rotatable bonds is 6. The molecule has 194 valence electrons. The van der Waals surface area contributed by atoms with Gasteiger partial charge in [0.25, 0.3) is 0 Å². The minimum Gasteiger partial charge on any atom is -0.246 e. The van der Waals surface area contributed by atoms with Crippen molar-refractivity contribution in [2.75, 3.05) is 0 Å². The van der Waals surface area contributed by atoms with Gasteiger partial charge in [0.1, 0.15) is 0 Å². The van der Waals surface area contributed by atoms with Crippen molar-refractivity contribution in [2.45, 2.75) is 41.5 Å². The first-order valence-electron chi connectivity index (χ1n) is 13.3. The van der Waals surface area contributed by atoms with Crippen LogP contribution in [-0.4, -0.2) is 11.4 Å². The Hall–Kier alpha value is -4.08. The van der Waals surface area contributed by atoms with Gasteiger partial charge < -0.3 is 0 Å². The van der Waals surface area contributed by atoms with Gasteiger partial charge >= 0.3 is 0 Å². The van der Waals surface area contributed by atoms with Crippen LogP contribution in [0.25, 0.3) is 0 Å². The molecule has 4 aromatic carbocycles. The number of aryl methyl sites for hydroxylation is 6. The summed E-state index contributed by atoms with van der Waals surface area (Å²) in [6.07, 6.45) is 0. The molecule has 1 heterocycles. The van der Waals surface area contributed by atoms with E-state index in [-0.39, 0.29) is 0 Å². The summed E-state index contributed by atoms with van der Waals surface area (Å²) in [5.74, 6) is 0. The van der Waals surface area contributed by atoms with E-state index in [2.05, 4.69) is 139 Å². The van der Waals surface area contributed by atoms with Crippen LogP contribution >= 0.6 is 11.3 Å². The molecule has 5 aromatic rings. The molecule has 0 spiro atoms. The van der Waals surface area contributed by atoms with E-state index in [9.17, 15) is 0 Å². The minimum absolute atomic E-state index is 0.983. The topological polar surface area (TPSA) is 24.7 Å². The molecular formula is C36H34N2S. The summed E-state index contributed by atoms with van der Waals surface area (Å²) in [5.41, 5.74) is 13.5. The molecule has 0 atom stereocenters. The van der Waals surface area contributed by atoms with E-state index in [1.165, 1.54) is 33.4 Å². The van der Waals surface area contributed by atoms with Crippen molar-refractivity contribution in [2.24, 2.45) is 9.98 Å². The molecule has 1 aromatic heterocycles. The molecule has 3 heteroatoms. The normalized spacial score (nSPS) is 12.2. The maximum atomic E-state index is 5.29. The molecule has 0 amide bonds. The van der Waals surface area contributed by atoms with Crippen LogP contribution in [0.5, 0.6) is 0 Å². The largest absolute Gasteiger partial charge is 0.246 e. The number of aliphatic imine (C=N–C) groups is 2. The third-order valence-corrected chi connectivity index (χ3v) is 7.98. The first-order valence-corrected chi connectivity index (χ1v) is 14.2. The highest BCUT2D eigenvalue weighted by Crippen LogP contribution is 2.32. The third-order valence-electron chi connectivity index (χ3n) is 6.89. The van der Waals surface area contributed by atoms with Crippen molar-refractivity contribution >= 4 is 34.1 Å². The Balaban J connectivity index is 1.68. The van der Waals surface area contributed by atoms with Crippen LogP contribution in [0.4, 0.5) is 11.4 Å². The van der Waals surface area contributed by atoms with E-state index in [0.29, 0.717) is 0 Å². The number of thiophene rings is 1. The van der Waals surface area contributed by atoms with E-state index < -0.39 is 0 Å². The summed E-state index contributed by atoms with van der Waals surface area (Å²) < 4.78 is 0. The molecule has 0 N–H and O–H groups in total. The highest BCUT2D eigenvalue weighted by molar-refractivity contribution is 7.16. The summed E-state index contributed by atoms with van der Waals surface area (Å²) in [6.45, 7) is 12.9. The fourth-order valence-corrected chi connectivity index (χ4v) is 6.26. The fraction of sp³-hybridized carbons (Fsp3) is 0.167. The Morgan fingerprint density at radius 1 is 0.462 bits per heavy atom. The highest BCUT2D eigenvalue weighted by atomic mass is 32.1. The molecule has 0 aliphatic heterocycles. The van der Waals surface area contributed by atoms with Crippen LogP contribution in [0.1, 0.15) is 54.3 Å². The molecule has 0 radical (unpaired) electrons. The zero-order valence-corrected chi connectivity index (χ0v) is 24.4. The lowest BCUT2D eigenvalue weighted by Gasteiger charge is -2.11. The van der Waals surface area contributed by atoms with Crippen LogP contribution < -0.4 is 0 Å². The van der Waals surface area contributed by atoms with E-state index in [4.69, 9.17) is 9.98 Å². The van der Waals surface area contributed by atoms with Gasteiger partial charge in [-0.2, -0.15) is 0 Å². The number of hydrogen-bond donors (Lipinski definition) is 0. The average Bonchev–Trinajstić information content (AvgIpc) is 3.38. The van der Waals surface area contributed by atoms with Gasteiger partial charge in [0.15, 0.2) is 0 Å². The lowest BCUT2D eigenvalue weighted by atomic mass is 10.0. The lowest BCUT2D eigenvalue weighted by molar-refractivity contribution is 1.28. The van der Waals surface area contributed by atoms with Gasteiger partial charge in [0, 0.05) is 11.1 Å². The van der Waals surface area contributed by atoms with Gasteiger partial charge in [-0.15, -0.1) is 11.3 Å². The molecule has 2 nitrogen and oxygen atoms in total. The van der Waals surface area contributed by atoms with Crippen molar-refractivity contribution < 1.29 is 0 Å². The van der Waals surface area contributed by atoms with Gasteiger partial charge in [-0.3, -0.25) is 0 Å². The average molecular weight is 527 g/mol. The Morgan fingerprint density at radius 3 is 1.13 bits per heavy atom. The zero-order valence-electron chi connectivity index (χ0n) is 23.5.